The van der Waals surface area contributed by atoms with Gasteiger partial charge in [-0.25, -0.2) is 0 Å². The molecule has 0 spiro atoms. The number of hydrogen-bond donors (Lipinski definition) is 1. The summed E-state index contributed by atoms with van der Waals surface area (Å²) in [6, 6.07) is 11.1. The minimum Gasteiger partial charge on any atom is -0.481 e. The first-order valence-electron chi connectivity index (χ1n) is 8.09. The summed E-state index contributed by atoms with van der Waals surface area (Å²) in [4.78, 5) is 14.6. The maximum absolute atomic E-state index is 12.9. The Morgan fingerprint density at radius 3 is 2.88 bits per heavy atom. The monoisotopic (exact) mass is 344 g/mol. The predicted octanol–water partition coefficient (Wildman–Crippen LogP) is 3.98. The van der Waals surface area contributed by atoms with Crippen LogP contribution in [0.4, 0.5) is 11.4 Å². The van der Waals surface area contributed by atoms with E-state index >= 15 is 0 Å². The zero-order chi connectivity index (χ0) is 17.3. The van der Waals surface area contributed by atoms with Crippen molar-refractivity contribution >= 4 is 28.9 Å². The van der Waals surface area contributed by atoms with Gasteiger partial charge in [0.05, 0.1) is 0 Å². The molecule has 0 radical (unpaired) electrons. The van der Waals surface area contributed by atoms with Crippen molar-refractivity contribution in [3.63, 3.8) is 0 Å². The number of benzene rings is 2. The minimum atomic E-state index is -0.585. The summed E-state index contributed by atoms with van der Waals surface area (Å²) in [6.45, 7) is 4.36. The number of halogens is 1. The van der Waals surface area contributed by atoms with Crippen LogP contribution in [0.25, 0.3) is 0 Å². The first-order chi connectivity index (χ1) is 11.5. The topological polar surface area (TPSA) is 55.6 Å². The number of carbonyl (C=O) groups excluding carboxylic acids is 1. The van der Waals surface area contributed by atoms with Gasteiger partial charge in [-0.15, -0.1) is 0 Å². The van der Waals surface area contributed by atoms with Crippen molar-refractivity contribution in [2.24, 2.45) is 0 Å². The molecule has 1 unspecified atom stereocenters. The number of ether oxygens (including phenoxy) is 1. The molecule has 24 heavy (non-hydrogen) atoms. The second-order valence-electron chi connectivity index (χ2n) is 6.11. The minimum absolute atomic E-state index is 0.0610. The van der Waals surface area contributed by atoms with Gasteiger partial charge in [0.2, 0.25) is 0 Å². The third-order valence-corrected chi connectivity index (χ3v) is 4.77. The number of rotatable bonds is 3. The smallest absolute Gasteiger partial charge is 0.267 e. The molecule has 0 saturated carbocycles. The molecule has 2 aromatic carbocycles. The van der Waals surface area contributed by atoms with Gasteiger partial charge in [-0.2, -0.15) is 0 Å². The van der Waals surface area contributed by atoms with Crippen molar-refractivity contribution in [2.75, 3.05) is 17.2 Å². The standard InChI is InChI=1S/C19H21ClN2O2/c1-12-11-14(8-9-16(12)20)24-13(2)19(23)22-10-4-5-15-17(21)6-3-7-18(15)22/h3,6-9,11,13H,4-5,10,21H2,1-2H3. The highest BCUT2D eigenvalue weighted by atomic mass is 35.5. The summed E-state index contributed by atoms with van der Waals surface area (Å²) < 4.78 is 5.83. The number of nitrogens with zero attached hydrogens (tertiary/aromatic N) is 1. The number of fused-ring (bicyclic) bond motifs is 1. The molecule has 5 heteroatoms. The van der Waals surface area contributed by atoms with Crippen LogP contribution in [0, 0.1) is 6.92 Å². The van der Waals surface area contributed by atoms with Crippen LogP contribution in [0.15, 0.2) is 36.4 Å². The fourth-order valence-electron chi connectivity index (χ4n) is 3.05. The van der Waals surface area contributed by atoms with Crippen LogP contribution in [0.3, 0.4) is 0 Å². The van der Waals surface area contributed by atoms with Gasteiger partial charge < -0.3 is 15.4 Å². The first-order valence-corrected chi connectivity index (χ1v) is 8.46. The van der Waals surface area contributed by atoms with Gasteiger partial charge in [0.1, 0.15) is 5.75 Å². The lowest BCUT2D eigenvalue weighted by Crippen LogP contribution is -2.43. The number of hydrogen-bond acceptors (Lipinski definition) is 3. The average Bonchev–Trinajstić information content (AvgIpc) is 2.57. The highest BCUT2D eigenvalue weighted by Crippen LogP contribution is 2.32. The van der Waals surface area contributed by atoms with E-state index in [0.29, 0.717) is 17.3 Å². The summed E-state index contributed by atoms with van der Waals surface area (Å²) >= 11 is 6.03. The molecular formula is C19H21ClN2O2. The Bertz CT molecular complexity index is 776. The second-order valence-corrected chi connectivity index (χ2v) is 6.52. The number of aryl methyl sites for hydroxylation is 1. The Kier molecular flexibility index (Phi) is 4.67. The summed E-state index contributed by atoms with van der Waals surface area (Å²) in [5.41, 5.74) is 9.66. The molecule has 2 N–H and O–H groups in total. The molecule has 0 bridgehead atoms. The van der Waals surface area contributed by atoms with Gasteiger partial charge >= 0.3 is 0 Å². The van der Waals surface area contributed by atoms with Crippen LogP contribution in [-0.2, 0) is 11.2 Å². The Labute approximate surface area is 147 Å². The lowest BCUT2D eigenvalue weighted by molar-refractivity contribution is -0.124. The molecular weight excluding hydrogens is 324 g/mol. The van der Waals surface area contributed by atoms with E-state index in [-0.39, 0.29) is 5.91 Å². The van der Waals surface area contributed by atoms with Gasteiger partial charge in [0, 0.05) is 22.9 Å². The summed E-state index contributed by atoms with van der Waals surface area (Å²) in [6.07, 6.45) is 1.22. The normalized spacial score (nSPS) is 14.9. The van der Waals surface area contributed by atoms with Gasteiger partial charge in [0.15, 0.2) is 6.10 Å². The van der Waals surface area contributed by atoms with Gasteiger partial charge in [-0.05, 0) is 68.1 Å². The lowest BCUT2D eigenvalue weighted by Gasteiger charge is -2.32. The van der Waals surface area contributed by atoms with Crippen molar-refractivity contribution in [1.29, 1.82) is 0 Å². The lowest BCUT2D eigenvalue weighted by atomic mass is 9.99. The van der Waals surface area contributed by atoms with Gasteiger partial charge in [-0.1, -0.05) is 17.7 Å². The Balaban J connectivity index is 1.79. The highest BCUT2D eigenvalue weighted by molar-refractivity contribution is 6.31. The van der Waals surface area contributed by atoms with E-state index in [1.807, 2.05) is 31.2 Å². The zero-order valence-corrected chi connectivity index (χ0v) is 14.6. The van der Waals surface area contributed by atoms with Crippen molar-refractivity contribution < 1.29 is 9.53 Å². The van der Waals surface area contributed by atoms with Crippen molar-refractivity contribution in [3.05, 3.63) is 52.5 Å². The molecule has 0 aromatic heterocycles. The number of nitrogens with two attached hydrogens (primary N) is 1. The molecule has 1 aliphatic rings. The third-order valence-electron chi connectivity index (χ3n) is 4.34. The molecule has 2 aromatic rings. The Morgan fingerprint density at radius 1 is 1.33 bits per heavy atom. The molecule has 126 valence electrons. The van der Waals surface area contributed by atoms with Gasteiger partial charge in [0.25, 0.3) is 5.91 Å². The van der Waals surface area contributed by atoms with E-state index in [2.05, 4.69) is 0 Å². The fourth-order valence-corrected chi connectivity index (χ4v) is 3.16. The van der Waals surface area contributed by atoms with Crippen molar-refractivity contribution in [1.82, 2.24) is 0 Å². The van der Waals surface area contributed by atoms with Crippen LogP contribution in [-0.4, -0.2) is 18.6 Å². The number of carbonyl (C=O) groups is 1. The van der Waals surface area contributed by atoms with Crippen molar-refractivity contribution in [2.45, 2.75) is 32.8 Å². The quantitative estimate of drug-likeness (QED) is 0.857. The highest BCUT2D eigenvalue weighted by Gasteiger charge is 2.28. The van der Waals surface area contributed by atoms with E-state index in [1.165, 1.54) is 0 Å². The van der Waals surface area contributed by atoms with E-state index in [1.54, 1.807) is 24.0 Å². The maximum atomic E-state index is 12.9. The number of amides is 1. The van der Waals surface area contributed by atoms with Crippen LogP contribution in [0.5, 0.6) is 5.75 Å². The van der Waals surface area contributed by atoms with Crippen LogP contribution >= 0.6 is 11.6 Å². The molecule has 0 fully saturated rings. The molecule has 1 amide bonds. The van der Waals surface area contributed by atoms with Crippen LogP contribution < -0.4 is 15.4 Å². The summed E-state index contributed by atoms with van der Waals surface area (Å²) in [5, 5.41) is 0.682. The second kappa shape index (κ2) is 6.73. The van der Waals surface area contributed by atoms with Crippen LogP contribution in [0.1, 0.15) is 24.5 Å². The molecule has 3 rings (SSSR count). The van der Waals surface area contributed by atoms with E-state index in [4.69, 9.17) is 22.1 Å². The summed E-state index contributed by atoms with van der Waals surface area (Å²) in [7, 11) is 0. The SMILES string of the molecule is Cc1cc(OC(C)C(=O)N2CCCc3c(N)cccc32)ccc1Cl. The molecule has 0 saturated heterocycles. The molecule has 0 aliphatic carbocycles. The average molecular weight is 345 g/mol. The predicted molar refractivity (Wildman–Crippen MR) is 97.8 cm³/mol. The van der Waals surface area contributed by atoms with E-state index < -0.39 is 6.10 Å². The first kappa shape index (κ1) is 16.7. The van der Waals surface area contributed by atoms with E-state index in [9.17, 15) is 4.79 Å². The summed E-state index contributed by atoms with van der Waals surface area (Å²) in [5.74, 6) is 0.580. The zero-order valence-electron chi connectivity index (χ0n) is 13.9. The maximum Gasteiger partial charge on any atom is 0.267 e. The number of nitrogen functional groups attached to an aromatic ring is 1. The molecule has 1 atom stereocenters. The molecule has 4 nitrogen and oxygen atoms in total. The Morgan fingerprint density at radius 2 is 2.12 bits per heavy atom. The number of anilines is 2. The van der Waals surface area contributed by atoms with E-state index in [0.717, 1.165) is 35.3 Å². The van der Waals surface area contributed by atoms with Gasteiger partial charge in [-0.3, -0.25) is 4.79 Å². The van der Waals surface area contributed by atoms with Crippen molar-refractivity contribution in [3.8, 4) is 5.75 Å². The molecule has 1 aliphatic heterocycles. The molecule has 1 heterocycles. The Hall–Kier alpha value is -2.20. The largest absolute Gasteiger partial charge is 0.481 e. The van der Waals surface area contributed by atoms with Crippen LogP contribution in [0.2, 0.25) is 5.02 Å². The fraction of sp³-hybridized carbons (Fsp3) is 0.316. The third kappa shape index (κ3) is 3.20.